The van der Waals surface area contributed by atoms with Crippen molar-refractivity contribution in [3.8, 4) is 0 Å². The lowest BCUT2D eigenvalue weighted by Crippen LogP contribution is -2.33. The van der Waals surface area contributed by atoms with E-state index in [4.69, 9.17) is 23.2 Å². The average molecular weight is 351 g/mol. The molecule has 2 N–H and O–H groups in total. The predicted molar refractivity (Wildman–Crippen MR) is 97.1 cm³/mol. The van der Waals surface area contributed by atoms with E-state index < -0.39 is 0 Å². The van der Waals surface area contributed by atoms with E-state index in [2.05, 4.69) is 36.6 Å². The van der Waals surface area contributed by atoms with E-state index >= 15 is 0 Å². The van der Waals surface area contributed by atoms with E-state index in [1.807, 2.05) is 18.2 Å². The lowest BCUT2D eigenvalue weighted by molar-refractivity contribution is -0.115. The molecule has 0 heterocycles. The van der Waals surface area contributed by atoms with Crippen LogP contribution in [0, 0.1) is 5.92 Å². The number of carbonyl (C=O) groups is 1. The van der Waals surface area contributed by atoms with Gasteiger partial charge in [-0.1, -0.05) is 67.4 Å². The van der Waals surface area contributed by atoms with Gasteiger partial charge in [0.2, 0.25) is 5.91 Å². The van der Waals surface area contributed by atoms with Gasteiger partial charge < -0.3 is 10.6 Å². The summed E-state index contributed by atoms with van der Waals surface area (Å²) in [4.78, 5) is 12.2. The van der Waals surface area contributed by atoms with Crippen molar-refractivity contribution in [1.82, 2.24) is 5.32 Å². The summed E-state index contributed by atoms with van der Waals surface area (Å²) >= 11 is 12.0. The highest BCUT2D eigenvalue weighted by atomic mass is 35.5. The monoisotopic (exact) mass is 350 g/mol. The minimum absolute atomic E-state index is 0.108. The summed E-state index contributed by atoms with van der Waals surface area (Å²) in [6.07, 6.45) is 0. The molecule has 0 saturated carbocycles. The molecular formula is C18H20Cl2N2O. The average Bonchev–Trinajstić information content (AvgIpc) is 2.52. The third-order valence-electron chi connectivity index (χ3n) is 3.51. The quantitative estimate of drug-likeness (QED) is 0.776. The number of rotatable bonds is 6. The lowest BCUT2D eigenvalue weighted by Gasteiger charge is -2.22. The van der Waals surface area contributed by atoms with Crippen LogP contribution in [0.5, 0.6) is 0 Å². The Morgan fingerprint density at radius 1 is 1.09 bits per heavy atom. The third kappa shape index (κ3) is 5.24. The summed E-state index contributed by atoms with van der Waals surface area (Å²) in [6.45, 7) is 4.44. The zero-order chi connectivity index (χ0) is 16.8. The van der Waals surface area contributed by atoms with Gasteiger partial charge in [0, 0.05) is 11.1 Å². The number of nitrogens with one attached hydrogen (secondary N) is 2. The van der Waals surface area contributed by atoms with Crippen molar-refractivity contribution >= 4 is 34.8 Å². The Morgan fingerprint density at radius 2 is 1.78 bits per heavy atom. The molecule has 1 amide bonds. The minimum Gasteiger partial charge on any atom is -0.324 e. The number of hydrogen-bond donors (Lipinski definition) is 2. The number of carbonyl (C=O) groups excluding carboxylic acids is 1. The van der Waals surface area contributed by atoms with Crippen molar-refractivity contribution in [2.45, 2.75) is 19.9 Å². The Hall–Kier alpha value is -1.55. The summed E-state index contributed by atoms with van der Waals surface area (Å²) in [5.74, 6) is 0.204. The Morgan fingerprint density at radius 3 is 2.43 bits per heavy atom. The first kappa shape index (κ1) is 17.8. The van der Waals surface area contributed by atoms with Gasteiger partial charge in [-0.2, -0.15) is 0 Å². The molecule has 0 aliphatic rings. The minimum atomic E-state index is -0.157. The van der Waals surface area contributed by atoms with Crippen LogP contribution in [0.2, 0.25) is 10.0 Å². The van der Waals surface area contributed by atoms with Gasteiger partial charge in [-0.05, 0) is 29.7 Å². The molecule has 5 heteroatoms. The number of benzene rings is 2. The molecule has 0 aromatic heterocycles. The van der Waals surface area contributed by atoms with Crippen LogP contribution in [0.15, 0.2) is 48.5 Å². The zero-order valence-corrected chi connectivity index (χ0v) is 14.7. The molecule has 0 radical (unpaired) electrons. The van der Waals surface area contributed by atoms with Crippen LogP contribution in [-0.2, 0) is 4.79 Å². The Balaban J connectivity index is 1.98. The first-order valence-electron chi connectivity index (χ1n) is 7.50. The highest BCUT2D eigenvalue weighted by molar-refractivity contribution is 6.35. The van der Waals surface area contributed by atoms with Gasteiger partial charge in [0.25, 0.3) is 0 Å². The fourth-order valence-corrected chi connectivity index (χ4v) is 2.73. The number of halogens is 2. The van der Waals surface area contributed by atoms with Crippen molar-refractivity contribution < 1.29 is 4.79 Å². The van der Waals surface area contributed by atoms with Gasteiger partial charge in [0.1, 0.15) is 0 Å². The zero-order valence-electron chi connectivity index (χ0n) is 13.1. The van der Waals surface area contributed by atoms with Crippen LogP contribution in [-0.4, -0.2) is 12.5 Å². The molecule has 0 spiro atoms. The maximum absolute atomic E-state index is 12.2. The lowest BCUT2D eigenvalue weighted by atomic mass is 9.96. The van der Waals surface area contributed by atoms with Gasteiger partial charge in [-0.3, -0.25) is 4.79 Å². The molecule has 122 valence electrons. The molecule has 1 atom stereocenters. The highest BCUT2D eigenvalue weighted by Gasteiger charge is 2.16. The van der Waals surface area contributed by atoms with E-state index in [1.165, 1.54) is 0 Å². The Bertz CT molecular complexity index is 659. The van der Waals surface area contributed by atoms with Crippen molar-refractivity contribution in [3.63, 3.8) is 0 Å². The standard InChI is InChI=1S/C18H20Cl2N2O/c1-12(2)18(13-6-4-3-5-7-13)21-11-17(23)22-16-10-14(19)8-9-15(16)20/h3-10,12,18,21H,11H2,1-2H3,(H,22,23)/t18-/m1/s1. The Kier molecular flexibility index (Phi) is 6.46. The molecule has 0 aliphatic carbocycles. The highest BCUT2D eigenvalue weighted by Crippen LogP contribution is 2.25. The molecular weight excluding hydrogens is 331 g/mol. The fourth-order valence-electron chi connectivity index (χ4n) is 2.39. The largest absolute Gasteiger partial charge is 0.324 e. The van der Waals surface area contributed by atoms with Gasteiger partial charge in [-0.15, -0.1) is 0 Å². The van der Waals surface area contributed by atoms with Crippen LogP contribution in [0.4, 0.5) is 5.69 Å². The maximum atomic E-state index is 12.2. The summed E-state index contributed by atoms with van der Waals surface area (Å²) < 4.78 is 0. The van der Waals surface area contributed by atoms with Crippen LogP contribution in [0.25, 0.3) is 0 Å². The molecule has 3 nitrogen and oxygen atoms in total. The van der Waals surface area contributed by atoms with Crippen molar-refractivity contribution in [2.75, 3.05) is 11.9 Å². The normalized spacial score (nSPS) is 12.2. The van der Waals surface area contributed by atoms with Gasteiger partial charge in [0.05, 0.1) is 17.3 Å². The van der Waals surface area contributed by atoms with E-state index in [0.717, 1.165) is 5.56 Å². The van der Waals surface area contributed by atoms with E-state index in [0.29, 0.717) is 21.7 Å². The summed E-state index contributed by atoms with van der Waals surface area (Å²) in [7, 11) is 0. The second kappa shape index (κ2) is 8.34. The van der Waals surface area contributed by atoms with Crippen LogP contribution >= 0.6 is 23.2 Å². The van der Waals surface area contributed by atoms with Crippen LogP contribution in [0.3, 0.4) is 0 Å². The molecule has 23 heavy (non-hydrogen) atoms. The van der Waals surface area contributed by atoms with Gasteiger partial charge in [0.15, 0.2) is 0 Å². The fraction of sp³-hybridized carbons (Fsp3) is 0.278. The smallest absolute Gasteiger partial charge is 0.238 e. The molecule has 2 aromatic carbocycles. The summed E-state index contributed by atoms with van der Waals surface area (Å²) in [6, 6.07) is 15.2. The third-order valence-corrected chi connectivity index (χ3v) is 4.08. The molecule has 0 unspecified atom stereocenters. The second-order valence-electron chi connectivity index (χ2n) is 5.69. The van der Waals surface area contributed by atoms with E-state index in [1.54, 1.807) is 18.2 Å². The molecule has 2 aromatic rings. The number of hydrogen-bond acceptors (Lipinski definition) is 2. The van der Waals surface area contributed by atoms with Crippen molar-refractivity contribution in [3.05, 3.63) is 64.1 Å². The Labute approximate surface area is 147 Å². The molecule has 0 saturated heterocycles. The molecule has 0 aliphatic heterocycles. The van der Waals surface area contributed by atoms with Crippen LogP contribution in [0.1, 0.15) is 25.5 Å². The SMILES string of the molecule is CC(C)[C@@H](NCC(=O)Nc1cc(Cl)ccc1Cl)c1ccccc1. The first-order valence-corrected chi connectivity index (χ1v) is 8.26. The first-order chi connectivity index (χ1) is 11.0. The van der Waals surface area contributed by atoms with Crippen molar-refractivity contribution in [2.24, 2.45) is 5.92 Å². The maximum Gasteiger partial charge on any atom is 0.238 e. The number of amides is 1. The van der Waals surface area contributed by atoms with E-state index in [-0.39, 0.29) is 18.5 Å². The van der Waals surface area contributed by atoms with Gasteiger partial charge >= 0.3 is 0 Å². The van der Waals surface area contributed by atoms with Gasteiger partial charge in [-0.25, -0.2) is 0 Å². The molecule has 0 bridgehead atoms. The van der Waals surface area contributed by atoms with E-state index in [9.17, 15) is 4.79 Å². The summed E-state index contributed by atoms with van der Waals surface area (Å²) in [5, 5.41) is 7.07. The molecule has 2 rings (SSSR count). The summed E-state index contributed by atoms with van der Waals surface area (Å²) in [5.41, 5.74) is 1.68. The number of anilines is 1. The topological polar surface area (TPSA) is 41.1 Å². The van der Waals surface area contributed by atoms with Crippen LogP contribution < -0.4 is 10.6 Å². The molecule has 0 fully saturated rings. The predicted octanol–water partition coefficient (Wildman–Crippen LogP) is 4.92. The van der Waals surface area contributed by atoms with Crippen molar-refractivity contribution in [1.29, 1.82) is 0 Å². The second-order valence-corrected chi connectivity index (χ2v) is 6.53.